The fourth-order valence-corrected chi connectivity index (χ4v) is 4.84. The molecular weight excluding hydrogens is 420 g/mol. The minimum absolute atomic E-state index is 0.198. The fraction of sp³-hybridized carbons (Fsp3) is 0.320. The molecule has 2 heterocycles. The van der Waals surface area contributed by atoms with Gasteiger partial charge in [-0.1, -0.05) is 66.7 Å². The maximum absolute atomic E-state index is 13.6. The van der Waals surface area contributed by atoms with Crippen molar-refractivity contribution in [1.29, 1.82) is 0 Å². The van der Waals surface area contributed by atoms with Crippen LogP contribution >= 0.6 is 11.3 Å². The van der Waals surface area contributed by atoms with Gasteiger partial charge in [0.1, 0.15) is 0 Å². The number of thiazole rings is 1. The van der Waals surface area contributed by atoms with Crippen LogP contribution in [0, 0.1) is 13.8 Å². The lowest BCUT2D eigenvalue weighted by atomic mass is 10.1. The molecule has 0 saturated carbocycles. The Morgan fingerprint density at radius 3 is 2.50 bits per heavy atom. The molecule has 0 aliphatic carbocycles. The normalized spacial score (nSPS) is 11.4. The number of nitrogens with zero attached hydrogens (tertiary/aromatic N) is 4. The second-order valence-corrected chi connectivity index (χ2v) is 8.83. The van der Waals surface area contributed by atoms with Crippen molar-refractivity contribution in [3.8, 4) is 11.3 Å². The largest absolute Gasteiger partial charge is 0.355 e. The Kier molecular flexibility index (Phi) is 6.67. The van der Waals surface area contributed by atoms with Crippen LogP contribution in [0.5, 0.6) is 0 Å². The lowest BCUT2D eigenvalue weighted by molar-refractivity contribution is 0.0975. The molecule has 1 amide bonds. The summed E-state index contributed by atoms with van der Waals surface area (Å²) in [6.45, 7) is 11.6. The topological polar surface area (TPSA) is 62.5 Å². The number of aryl methyl sites for hydroxylation is 2. The number of benzene rings is 2. The maximum atomic E-state index is 13.6. The summed E-state index contributed by atoms with van der Waals surface area (Å²) >= 11 is 1.55. The molecule has 0 spiro atoms. The molecule has 0 atom stereocenters. The van der Waals surface area contributed by atoms with Crippen LogP contribution in [0.1, 0.15) is 35.5 Å². The first-order chi connectivity index (χ1) is 15.5. The van der Waals surface area contributed by atoms with Gasteiger partial charge < -0.3 is 9.42 Å². The standard InChI is InChI=1S/C25H28N4O2S/c1-5-28(6-2)12-13-29(25-26-20-15-17(3)14-18(4)23(20)32-25)24(30)21-16-22(31-27-21)19-10-8-7-9-11-19/h7-11,14-16H,5-6,12-13H2,1-4H3. The van der Waals surface area contributed by atoms with Crippen LogP contribution in [0.2, 0.25) is 0 Å². The Balaban J connectivity index is 1.69. The zero-order chi connectivity index (χ0) is 22.7. The number of carbonyl (C=O) groups is 1. The van der Waals surface area contributed by atoms with Crippen molar-refractivity contribution in [1.82, 2.24) is 15.0 Å². The Bertz CT molecular complexity index is 1210. The van der Waals surface area contributed by atoms with Gasteiger partial charge in [-0.05, 0) is 44.1 Å². The van der Waals surface area contributed by atoms with Crippen LogP contribution in [0.25, 0.3) is 21.5 Å². The molecule has 0 aliphatic rings. The zero-order valence-electron chi connectivity index (χ0n) is 19.0. The summed E-state index contributed by atoms with van der Waals surface area (Å²) in [6, 6.07) is 15.6. The van der Waals surface area contributed by atoms with E-state index in [1.54, 1.807) is 22.3 Å². The number of hydrogen-bond acceptors (Lipinski definition) is 6. The van der Waals surface area contributed by atoms with E-state index < -0.39 is 0 Å². The third kappa shape index (κ3) is 4.59. The third-order valence-corrected chi connectivity index (χ3v) is 6.84. The third-order valence-electron chi connectivity index (χ3n) is 5.61. The van der Waals surface area contributed by atoms with Gasteiger partial charge in [-0.25, -0.2) is 4.98 Å². The number of fused-ring (bicyclic) bond motifs is 1. The van der Waals surface area contributed by atoms with Crippen LogP contribution in [-0.2, 0) is 0 Å². The average molecular weight is 449 g/mol. The van der Waals surface area contributed by atoms with E-state index in [0.29, 0.717) is 17.4 Å². The Hall–Kier alpha value is -3.03. The molecule has 2 aromatic carbocycles. The van der Waals surface area contributed by atoms with Crippen molar-refractivity contribution < 1.29 is 9.32 Å². The second kappa shape index (κ2) is 9.63. The van der Waals surface area contributed by atoms with Crippen LogP contribution in [0.15, 0.2) is 53.1 Å². The number of carbonyl (C=O) groups excluding carboxylic acids is 1. The summed E-state index contributed by atoms with van der Waals surface area (Å²) in [5, 5.41) is 4.78. The van der Waals surface area contributed by atoms with Crippen molar-refractivity contribution in [2.45, 2.75) is 27.7 Å². The van der Waals surface area contributed by atoms with Gasteiger partial charge in [0.2, 0.25) is 0 Å². The van der Waals surface area contributed by atoms with Crippen LogP contribution in [0.3, 0.4) is 0 Å². The van der Waals surface area contributed by atoms with E-state index in [0.717, 1.165) is 41.0 Å². The van der Waals surface area contributed by atoms with E-state index >= 15 is 0 Å². The van der Waals surface area contributed by atoms with Gasteiger partial charge in [0.15, 0.2) is 16.6 Å². The van der Waals surface area contributed by atoms with Gasteiger partial charge >= 0.3 is 0 Å². The molecule has 32 heavy (non-hydrogen) atoms. The molecule has 0 N–H and O–H groups in total. The average Bonchev–Trinajstić information content (AvgIpc) is 3.45. The molecule has 0 saturated heterocycles. The summed E-state index contributed by atoms with van der Waals surface area (Å²) in [5.41, 5.74) is 4.44. The number of hydrogen-bond donors (Lipinski definition) is 0. The van der Waals surface area contributed by atoms with E-state index in [2.05, 4.69) is 49.9 Å². The van der Waals surface area contributed by atoms with Crippen molar-refractivity contribution in [3.05, 3.63) is 65.4 Å². The zero-order valence-corrected chi connectivity index (χ0v) is 19.8. The minimum atomic E-state index is -0.198. The van der Waals surface area contributed by atoms with Gasteiger partial charge in [-0.2, -0.15) is 0 Å². The van der Waals surface area contributed by atoms with Crippen molar-refractivity contribution in [3.63, 3.8) is 0 Å². The van der Waals surface area contributed by atoms with E-state index in [4.69, 9.17) is 9.51 Å². The number of amides is 1. The molecule has 4 aromatic rings. The summed E-state index contributed by atoms with van der Waals surface area (Å²) < 4.78 is 6.60. The molecular formula is C25H28N4O2S. The molecule has 0 fully saturated rings. The number of anilines is 1. The van der Waals surface area contributed by atoms with E-state index in [1.807, 2.05) is 30.3 Å². The van der Waals surface area contributed by atoms with Crippen LogP contribution < -0.4 is 4.90 Å². The molecule has 4 rings (SSSR count). The SMILES string of the molecule is CCN(CC)CCN(C(=O)c1cc(-c2ccccc2)on1)c1nc2cc(C)cc(C)c2s1. The first-order valence-corrected chi connectivity index (χ1v) is 11.8. The molecule has 0 aliphatic heterocycles. The molecule has 166 valence electrons. The number of aromatic nitrogens is 2. The van der Waals surface area contributed by atoms with Crippen LogP contribution in [0.4, 0.5) is 5.13 Å². The number of likely N-dealkylation sites (N-methyl/N-ethyl adjacent to an activating group) is 1. The first-order valence-electron chi connectivity index (χ1n) is 10.9. The Morgan fingerprint density at radius 2 is 1.78 bits per heavy atom. The van der Waals surface area contributed by atoms with Crippen molar-refractivity contribution in [2.75, 3.05) is 31.1 Å². The quantitative estimate of drug-likeness (QED) is 0.353. The predicted octanol–water partition coefficient (Wildman–Crippen LogP) is 5.56. The van der Waals surface area contributed by atoms with Gasteiger partial charge in [-0.15, -0.1) is 0 Å². The monoisotopic (exact) mass is 448 g/mol. The van der Waals surface area contributed by atoms with E-state index in [1.165, 1.54) is 5.56 Å². The highest BCUT2D eigenvalue weighted by atomic mass is 32.1. The number of rotatable bonds is 8. The smallest absolute Gasteiger partial charge is 0.282 e. The molecule has 0 unspecified atom stereocenters. The maximum Gasteiger partial charge on any atom is 0.282 e. The van der Waals surface area contributed by atoms with Gasteiger partial charge in [0, 0.05) is 24.7 Å². The highest BCUT2D eigenvalue weighted by molar-refractivity contribution is 7.22. The predicted molar refractivity (Wildman–Crippen MR) is 130 cm³/mol. The van der Waals surface area contributed by atoms with Crippen molar-refractivity contribution in [2.24, 2.45) is 0 Å². The second-order valence-electron chi connectivity index (χ2n) is 7.85. The summed E-state index contributed by atoms with van der Waals surface area (Å²) in [7, 11) is 0. The van der Waals surface area contributed by atoms with Gasteiger partial charge in [-0.3, -0.25) is 9.69 Å². The summed E-state index contributed by atoms with van der Waals surface area (Å²) in [4.78, 5) is 22.4. The molecule has 2 aromatic heterocycles. The van der Waals surface area contributed by atoms with E-state index in [9.17, 15) is 4.79 Å². The lowest BCUT2D eigenvalue weighted by Crippen LogP contribution is -2.39. The molecule has 7 heteroatoms. The van der Waals surface area contributed by atoms with E-state index in [-0.39, 0.29) is 11.6 Å². The summed E-state index contributed by atoms with van der Waals surface area (Å²) in [5.74, 6) is 0.380. The van der Waals surface area contributed by atoms with Crippen molar-refractivity contribution >= 4 is 32.6 Å². The summed E-state index contributed by atoms with van der Waals surface area (Å²) in [6.07, 6.45) is 0. The first kappa shape index (κ1) is 22.2. The van der Waals surface area contributed by atoms with Gasteiger partial charge in [0.25, 0.3) is 5.91 Å². The highest BCUT2D eigenvalue weighted by Crippen LogP contribution is 2.33. The molecule has 0 bridgehead atoms. The Labute approximate surface area is 192 Å². The fourth-order valence-electron chi connectivity index (χ4n) is 3.80. The lowest BCUT2D eigenvalue weighted by Gasteiger charge is -2.24. The molecule has 0 radical (unpaired) electrons. The van der Waals surface area contributed by atoms with Gasteiger partial charge in [0.05, 0.1) is 10.2 Å². The highest BCUT2D eigenvalue weighted by Gasteiger charge is 2.25. The van der Waals surface area contributed by atoms with Crippen LogP contribution in [-0.4, -0.2) is 47.1 Å². The Morgan fingerprint density at radius 1 is 1.03 bits per heavy atom. The minimum Gasteiger partial charge on any atom is -0.355 e. The molecule has 6 nitrogen and oxygen atoms in total.